The summed E-state index contributed by atoms with van der Waals surface area (Å²) in [4.78, 5) is 10.5. The highest BCUT2D eigenvalue weighted by molar-refractivity contribution is 5.65. The summed E-state index contributed by atoms with van der Waals surface area (Å²) >= 11 is 0. The molecule has 1 heterocycles. The summed E-state index contributed by atoms with van der Waals surface area (Å²) < 4.78 is 14.6. The van der Waals surface area contributed by atoms with Crippen molar-refractivity contribution in [2.75, 3.05) is 19.8 Å². The molecule has 0 unspecified atom stereocenters. The van der Waals surface area contributed by atoms with E-state index in [1.54, 1.807) is 0 Å². The number of carbonyl (C=O) groups is 1. The minimum atomic E-state index is -1.54. The van der Waals surface area contributed by atoms with Crippen LogP contribution < -0.4 is 0 Å². The molecule has 0 amide bonds. The Balaban J connectivity index is 2.43. The Kier molecular flexibility index (Phi) is 6.76. The zero-order valence-corrected chi connectivity index (χ0v) is 11.0. The van der Waals surface area contributed by atoms with Crippen molar-refractivity contribution in [1.82, 2.24) is 0 Å². The Labute approximate surface area is 115 Å². The number of ether oxygens (including phenoxy) is 3. The highest BCUT2D eigenvalue weighted by Crippen LogP contribution is 2.21. The Morgan fingerprint density at radius 2 is 1.85 bits per heavy atom. The first kappa shape index (κ1) is 17.2. The van der Waals surface area contributed by atoms with Crippen molar-refractivity contribution in [2.45, 2.75) is 43.7 Å². The van der Waals surface area contributed by atoms with Gasteiger partial charge in [0.05, 0.1) is 13.2 Å². The summed E-state index contributed by atoms with van der Waals surface area (Å²) in [5.74, 6) is -0.558. The molecule has 118 valence electrons. The Morgan fingerprint density at radius 1 is 1.20 bits per heavy atom. The van der Waals surface area contributed by atoms with E-state index < -0.39 is 49.4 Å². The molecule has 1 aliphatic heterocycles. The highest BCUT2D eigenvalue weighted by atomic mass is 16.7. The molecule has 0 saturated carbocycles. The molecule has 1 rings (SSSR count). The van der Waals surface area contributed by atoms with Gasteiger partial charge in [0.1, 0.15) is 37.1 Å². The quantitative estimate of drug-likeness (QED) is 0.318. The molecule has 0 spiro atoms. The van der Waals surface area contributed by atoms with E-state index in [2.05, 4.69) is 4.74 Å². The van der Waals surface area contributed by atoms with Crippen LogP contribution in [0.3, 0.4) is 0 Å². The number of hydrogen-bond donors (Lipinski definition) is 5. The zero-order valence-electron chi connectivity index (χ0n) is 11.0. The molecule has 0 aromatic carbocycles. The van der Waals surface area contributed by atoms with Crippen molar-refractivity contribution in [3.63, 3.8) is 0 Å². The summed E-state index contributed by atoms with van der Waals surface area (Å²) in [7, 11) is 0. The minimum absolute atomic E-state index is 0.285. The van der Waals surface area contributed by atoms with E-state index >= 15 is 0 Å². The van der Waals surface area contributed by atoms with E-state index in [9.17, 15) is 25.2 Å². The first-order valence-corrected chi connectivity index (χ1v) is 6.10. The van der Waals surface area contributed by atoms with Crippen molar-refractivity contribution < 1.29 is 44.5 Å². The summed E-state index contributed by atoms with van der Waals surface area (Å²) in [5, 5.41) is 47.1. The summed E-state index contributed by atoms with van der Waals surface area (Å²) in [6.45, 7) is 0.00863. The van der Waals surface area contributed by atoms with E-state index in [4.69, 9.17) is 14.6 Å². The molecule has 0 bridgehead atoms. The molecule has 1 saturated heterocycles. The fourth-order valence-corrected chi connectivity index (χ4v) is 1.67. The second-order valence-corrected chi connectivity index (χ2v) is 4.49. The van der Waals surface area contributed by atoms with Crippen molar-refractivity contribution in [3.05, 3.63) is 0 Å². The fourth-order valence-electron chi connectivity index (χ4n) is 1.67. The molecular formula is C11H20O9. The lowest BCUT2D eigenvalue weighted by atomic mass is 9.99. The van der Waals surface area contributed by atoms with Gasteiger partial charge >= 0.3 is 5.97 Å². The minimum Gasteiger partial charge on any atom is -0.463 e. The zero-order chi connectivity index (χ0) is 15.3. The molecule has 1 fully saturated rings. The van der Waals surface area contributed by atoms with Crippen LogP contribution in [0.25, 0.3) is 0 Å². The Bertz CT molecular complexity index is 308. The van der Waals surface area contributed by atoms with Gasteiger partial charge in [-0.3, -0.25) is 4.79 Å². The smallest absolute Gasteiger partial charge is 0.302 e. The molecule has 5 N–H and O–H groups in total. The lowest BCUT2D eigenvalue weighted by Crippen LogP contribution is -2.59. The van der Waals surface area contributed by atoms with Crippen LogP contribution in [0, 0.1) is 0 Å². The van der Waals surface area contributed by atoms with Crippen LogP contribution in [0.5, 0.6) is 0 Å². The van der Waals surface area contributed by atoms with Gasteiger partial charge < -0.3 is 39.7 Å². The maximum absolute atomic E-state index is 10.5. The number of aliphatic hydroxyl groups is 5. The van der Waals surface area contributed by atoms with Crippen LogP contribution in [0.2, 0.25) is 0 Å². The van der Waals surface area contributed by atoms with Gasteiger partial charge in [0.15, 0.2) is 6.29 Å². The third-order valence-corrected chi connectivity index (χ3v) is 2.78. The number of aliphatic hydroxyl groups excluding tert-OH is 5. The number of carbonyl (C=O) groups excluding carboxylic acids is 1. The molecule has 20 heavy (non-hydrogen) atoms. The SMILES string of the molecule is CC(=O)OC[C@@H](O)CO[C@@H]1O[C@H](CO)[C@H](O)[C@H](O)[C@H]1O. The van der Waals surface area contributed by atoms with Crippen molar-refractivity contribution in [1.29, 1.82) is 0 Å². The predicted molar refractivity (Wildman–Crippen MR) is 62.4 cm³/mol. The summed E-state index contributed by atoms with van der Waals surface area (Å²) in [6, 6.07) is 0. The molecular weight excluding hydrogens is 276 g/mol. The third kappa shape index (κ3) is 4.63. The number of hydrogen-bond acceptors (Lipinski definition) is 9. The predicted octanol–water partition coefficient (Wildman–Crippen LogP) is -3.27. The lowest BCUT2D eigenvalue weighted by Gasteiger charge is -2.39. The normalized spacial score (nSPS) is 35.6. The van der Waals surface area contributed by atoms with Crippen LogP contribution in [0.4, 0.5) is 0 Å². The van der Waals surface area contributed by atoms with Gasteiger partial charge in [-0.15, -0.1) is 0 Å². The Hall–Kier alpha value is -0.810. The average Bonchev–Trinajstić information content (AvgIpc) is 2.42. The van der Waals surface area contributed by atoms with Crippen molar-refractivity contribution in [3.8, 4) is 0 Å². The van der Waals surface area contributed by atoms with Crippen LogP contribution in [-0.4, -0.2) is 88.1 Å². The van der Waals surface area contributed by atoms with Crippen LogP contribution >= 0.6 is 0 Å². The fraction of sp³-hybridized carbons (Fsp3) is 0.909. The first-order chi connectivity index (χ1) is 9.36. The van der Waals surface area contributed by atoms with E-state index in [-0.39, 0.29) is 13.2 Å². The Morgan fingerprint density at radius 3 is 2.40 bits per heavy atom. The van der Waals surface area contributed by atoms with Crippen LogP contribution in [0.1, 0.15) is 6.92 Å². The van der Waals surface area contributed by atoms with E-state index in [1.807, 2.05) is 0 Å². The van der Waals surface area contributed by atoms with Gasteiger partial charge in [-0.2, -0.15) is 0 Å². The second kappa shape index (κ2) is 7.84. The molecule has 0 aromatic rings. The summed E-state index contributed by atoms with van der Waals surface area (Å²) in [5.41, 5.74) is 0. The maximum Gasteiger partial charge on any atom is 0.302 e. The van der Waals surface area contributed by atoms with E-state index in [1.165, 1.54) is 6.92 Å². The highest BCUT2D eigenvalue weighted by Gasteiger charge is 2.44. The van der Waals surface area contributed by atoms with Gasteiger partial charge in [-0.1, -0.05) is 0 Å². The monoisotopic (exact) mass is 296 g/mol. The van der Waals surface area contributed by atoms with Gasteiger partial charge in [0.25, 0.3) is 0 Å². The summed E-state index contributed by atoms with van der Waals surface area (Å²) in [6.07, 6.45) is -8.08. The molecule has 1 aliphatic rings. The molecule has 9 nitrogen and oxygen atoms in total. The molecule has 9 heteroatoms. The maximum atomic E-state index is 10.5. The van der Waals surface area contributed by atoms with Gasteiger partial charge in [0, 0.05) is 6.92 Å². The van der Waals surface area contributed by atoms with Crippen LogP contribution in [0.15, 0.2) is 0 Å². The largest absolute Gasteiger partial charge is 0.463 e. The van der Waals surface area contributed by atoms with Gasteiger partial charge in [-0.05, 0) is 0 Å². The first-order valence-electron chi connectivity index (χ1n) is 6.10. The average molecular weight is 296 g/mol. The standard InChI is InChI=1S/C11H20O9/c1-5(13)18-3-6(14)4-19-11-10(17)9(16)8(15)7(2-12)20-11/h6-12,14-17H,2-4H2,1H3/t6-,7-,8+,9+,10-,11-/m1/s1. The van der Waals surface area contributed by atoms with Crippen LogP contribution in [-0.2, 0) is 19.0 Å². The lowest BCUT2D eigenvalue weighted by molar-refractivity contribution is -0.304. The van der Waals surface area contributed by atoms with E-state index in [0.29, 0.717) is 0 Å². The molecule has 6 atom stereocenters. The number of esters is 1. The molecule has 0 aliphatic carbocycles. The van der Waals surface area contributed by atoms with E-state index in [0.717, 1.165) is 0 Å². The van der Waals surface area contributed by atoms with Crippen molar-refractivity contribution in [2.24, 2.45) is 0 Å². The van der Waals surface area contributed by atoms with Gasteiger partial charge in [0.2, 0.25) is 0 Å². The second-order valence-electron chi connectivity index (χ2n) is 4.49. The topological polar surface area (TPSA) is 146 Å². The molecule has 0 aromatic heterocycles. The molecule has 0 radical (unpaired) electrons. The van der Waals surface area contributed by atoms with Crippen molar-refractivity contribution >= 4 is 5.97 Å². The van der Waals surface area contributed by atoms with Gasteiger partial charge in [-0.25, -0.2) is 0 Å². The number of rotatable bonds is 6. The third-order valence-electron chi connectivity index (χ3n) is 2.78.